The third-order valence-electron chi connectivity index (χ3n) is 0.617. The summed E-state index contributed by atoms with van der Waals surface area (Å²) in [5.74, 6) is 6.96. The molecular weight excluding hydrogens is 124 g/mol. The van der Waals surface area contributed by atoms with Gasteiger partial charge in [-0.15, -0.1) is 5.59 Å². The van der Waals surface area contributed by atoms with Crippen LogP contribution in [0.3, 0.4) is 0 Å². The van der Waals surface area contributed by atoms with Crippen LogP contribution in [-0.4, -0.2) is 18.1 Å². The molecule has 0 aliphatic carbocycles. The molecule has 0 aromatic rings. The molecule has 0 fully saturated rings. The first-order valence-electron chi connectivity index (χ1n) is 2.57. The van der Waals surface area contributed by atoms with E-state index in [9.17, 15) is 0 Å². The van der Waals surface area contributed by atoms with E-state index >= 15 is 0 Å². The summed E-state index contributed by atoms with van der Waals surface area (Å²) in [7, 11) is 0. The van der Waals surface area contributed by atoms with Crippen molar-refractivity contribution in [3.8, 4) is 0 Å². The fourth-order valence-electron chi connectivity index (χ4n) is 0.304. The van der Waals surface area contributed by atoms with Gasteiger partial charge in [-0.05, 0) is 5.75 Å². The van der Waals surface area contributed by atoms with Crippen molar-refractivity contribution >= 4 is 11.8 Å². The minimum absolute atomic E-state index is 0.676. The predicted molar refractivity (Wildman–Crippen MR) is 36.3 cm³/mol. The first-order chi connectivity index (χ1) is 3.91. The van der Waals surface area contributed by atoms with Crippen LogP contribution in [0.2, 0.25) is 0 Å². The average Bonchev–Trinajstić information content (AvgIpc) is 1.81. The maximum absolute atomic E-state index is 4.83. The van der Waals surface area contributed by atoms with Gasteiger partial charge in [0.2, 0.25) is 0 Å². The Labute approximate surface area is 53.9 Å². The first kappa shape index (κ1) is 8.23. The van der Waals surface area contributed by atoms with Gasteiger partial charge in [0.25, 0.3) is 0 Å². The molecule has 3 N–H and O–H groups in total. The average molecular weight is 136 g/mol. The van der Waals surface area contributed by atoms with Crippen LogP contribution in [-0.2, 0) is 4.84 Å². The van der Waals surface area contributed by atoms with Gasteiger partial charge in [0.15, 0.2) is 0 Å². The monoisotopic (exact) mass is 136 g/mol. The minimum atomic E-state index is 0.676. The zero-order valence-corrected chi connectivity index (χ0v) is 5.83. The number of hydrazine groups is 1. The smallest absolute Gasteiger partial charge is 0.0789 e. The molecule has 0 spiro atoms. The Hall–Kier alpha value is 0.230. The Balaban J connectivity index is 2.53. The van der Waals surface area contributed by atoms with Crippen molar-refractivity contribution in [2.24, 2.45) is 5.84 Å². The Bertz CT molecular complexity index is 39.0. The summed E-state index contributed by atoms with van der Waals surface area (Å²) in [4.78, 5) is 4.64. The van der Waals surface area contributed by atoms with Gasteiger partial charge in [0, 0.05) is 5.75 Å². The molecule has 50 valence electrons. The van der Waals surface area contributed by atoms with Gasteiger partial charge < -0.3 is 0 Å². The molecule has 3 nitrogen and oxygen atoms in total. The summed E-state index contributed by atoms with van der Waals surface area (Å²) in [5.41, 5.74) is 2.11. The van der Waals surface area contributed by atoms with E-state index in [0.717, 1.165) is 11.5 Å². The van der Waals surface area contributed by atoms with Crippen LogP contribution in [0.15, 0.2) is 0 Å². The third-order valence-corrected chi connectivity index (χ3v) is 1.48. The molecule has 4 heteroatoms. The molecule has 0 saturated carbocycles. The van der Waals surface area contributed by atoms with Gasteiger partial charge in [0.1, 0.15) is 0 Å². The minimum Gasteiger partial charge on any atom is -0.286 e. The highest BCUT2D eigenvalue weighted by Gasteiger charge is 1.82. The van der Waals surface area contributed by atoms with Gasteiger partial charge in [0.05, 0.1) is 6.61 Å². The Morgan fingerprint density at radius 2 is 2.50 bits per heavy atom. The van der Waals surface area contributed by atoms with Crippen molar-refractivity contribution in [3.63, 3.8) is 0 Å². The first-order valence-corrected chi connectivity index (χ1v) is 3.72. The lowest BCUT2D eigenvalue weighted by molar-refractivity contribution is 0.0531. The molecule has 0 saturated heterocycles. The largest absolute Gasteiger partial charge is 0.286 e. The molecule has 0 aliphatic heterocycles. The van der Waals surface area contributed by atoms with E-state index in [1.165, 1.54) is 0 Å². The zero-order chi connectivity index (χ0) is 6.24. The van der Waals surface area contributed by atoms with Gasteiger partial charge in [-0.2, -0.15) is 11.8 Å². The molecule has 0 aromatic carbocycles. The standard InChI is InChI=1S/C4H12N2OS/c1-2-8-4-3-7-6-5/h6H,2-5H2,1H3. The van der Waals surface area contributed by atoms with Crippen LogP contribution >= 0.6 is 11.8 Å². The summed E-state index contributed by atoms with van der Waals surface area (Å²) in [6, 6.07) is 0. The highest BCUT2D eigenvalue weighted by atomic mass is 32.2. The van der Waals surface area contributed by atoms with Crippen LogP contribution in [0.5, 0.6) is 0 Å². The van der Waals surface area contributed by atoms with E-state index in [4.69, 9.17) is 5.84 Å². The van der Waals surface area contributed by atoms with Crippen LogP contribution < -0.4 is 11.4 Å². The van der Waals surface area contributed by atoms with Crippen molar-refractivity contribution in [2.75, 3.05) is 18.1 Å². The van der Waals surface area contributed by atoms with Crippen LogP contribution in [0.4, 0.5) is 0 Å². The SMILES string of the molecule is CCSCCONN. The van der Waals surface area contributed by atoms with Crippen molar-refractivity contribution in [1.29, 1.82) is 0 Å². The Morgan fingerprint density at radius 1 is 1.75 bits per heavy atom. The molecule has 0 amide bonds. The van der Waals surface area contributed by atoms with E-state index in [1.54, 1.807) is 0 Å². The number of thioether (sulfide) groups is 1. The van der Waals surface area contributed by atoms with Crippen molar-refractivity contribution < 1.29 is 4.84 Å². The van der Waals surface area contributed by atoms with Gasteiger partial charge in [-0.1, -0.05) is 6.92 Å². The summed E-state index contributed by atoms with van der Waals surface area (Å²) in [5, 5.41) is 0. The molecule has 0 heterocycles. The third kappa shape index (κ3) is 6.23. The second-order valence-electron chi connectivity index (χ2n) is 1.16. The summed E-state index contributed by atoms with van der Waals surface area (Å²) >= 11 is 1.83. The van der Waals surface area contributed by atoms with Crippen LogP contribution in [0.1, 0.15) is 6.92 Å². The lowest BCUT2D eigenvalue weighted by Gasteiger charge is -1.97. The molecule has 0 aromatic heterocycles. The summed E-state index contributed by atoms with van der Waals surface area (Å²) in [6.45, 7) is 2.79. The number of rotatable bonds is 5. The van der Waals surface area contributed by atoms with E-state index in [2.05, 4.69) is 17.4 Å². The molecular formula is C4H12N2OS. The van der Waals surface area contributed by atoms with E-state index in [-0.39, 0.29) is 0 Å². The van der Waals surface area contributed by atoms with Crippen molar-refractivity contribution in [3.05, 3.63) is 0 Å². The second-order valence-corrected chi connectivity index (χ2v) is 2.56. The quantitative estimate of drug-likeness (QED) is 0.320. The normalized spacial score (nSPS) is 9.75. The second kappa shape index (κ2) is 7.23. The molecule has 0 unspecified atom stereocenters. The number of nitrogens with one attached hydrogen (secondary N) is 1. The Morgan fingerprint density at radius 3 is 3.00 bits per heavy atom. The number of nitrogens with two attached hydrogens (primary N) is 1. The van der Waals surface area contributed by atoms with Gasteiger partial charge in [-0.3, -0.25) is 4.84 Å². The molecule has 8 heavy (non-hydrogen) atoms. The van der Waals surface area contributed by atoms with Gasteiger partial charge in [-0.25, -0.2) is 5.84 Å². The maximum Gasteiger partial charge on any atom is 0.0789 e. The highest BCUT2D eigenvalue weighted by Crippen LogP contribution is 1.95. The molecule has 0 bridgehead atoms. The Kier molecular flexibility index (Phi) is 7.44. The van der Waals surface area contributed by atoms with Crippen molar-refractivity contribution in [1.82, 2.24) is 5.59 Å². The summed E-state index contributed by atoms with van der Waals surface area (Å²) in [6.07, 6.45) is 0. The fraction of sp³-hybridized carbons (Fsp3) is 1.00. The topological polar surface area (TPSA) is 47.3 Å². The molecule has 0 atom stereocenters. The molecule has 0 radical (unpaired) electrons. The van der Waals surface area contributed by atoms with Gasteiger partial charge >= 0.3 is 0 Å². The van der Waals surface area contributed by atoms with E-state index in [1.807, 2.05) is 11.8 Å². The summed E-state index contributed by atoms with van der Waals surface area (Å²) < 4.78 is 0. The number of hydrogen-bond acceptors (Lipinski definition) is 4. The number of hydrogen-bond donors (Lipinski definition) is 2. The van der Waals surface area contributed by atoms with Crippen LogP contribution in [0, 0.1) is 0 Å². The highest BCUT2D eigenvalue weighted by molar-refractivity contribution is 7.99. The maximum atomic E-state index is 4.83. The molecule has 0 aliphatic rings. The lowest BCUT2D eigenvalue weighted by atomic mass is 10.9. The predicted octanol–water partition coefficient (Wildman–Crippen LogP) is 0.134. The van der Waals surface area contributed by atoms with Crippen molar-refractivity contribution in [2.45, 2.75) is 6.92 Å². The van der Waals surface area contributed by atoms with Crippen LogP contribution in [0.25, 0.3) is 0 Å². The van der Waals surface area contributed by atoms with E-state index in [0.29, 0.717) is 6.61 Å². The zero-order valence-electron chi connectivity index (χ0n) is 5.02. The molecule has 0 rings (SSSR count). The fourth-order valence-corrected chi connectivity index (χ4v) is 0.794. The lowest BCUT2D eigenvalue weighted by Crippen LogP contribution is -2.23. The van der Waals surface area contributed by atoms with E-state index < -0.39 is 0 Å².